The Morgan fingerprint density at radius 2 is 1.54 bits per heavy atom. The molecule has 0 aromatic carbocycles. The van der Waals surface area contributed by atoms with Crippen LogP contribution in [0.5, 0.6) is 0 Å². The Morgan fingerprint density at radius 3 is 2.22 bits per heavy atom. The minimum atomic E-state index is -2.41. The summed E-state index contributed by atoms with van der Waals surface area (Å²) in [5.74, 6) is -6.69. The quantitative estimate of drug-likeness (QED) is 0.122. The highest BCUT2D eigenvalue weighted by Crippen LogP contribution is 2.38. The number of Topliss-reactive ketones (excluding diaryl/α,β-unsaturated/α-hetero) is 1. The summed E-state index contributed by atoms with van der Waals surface area (Å²) in [4.78, 5) is 44.1. The van der Waals surface area contributed by atoms with Gasteiger partial charge in [-0.15, -0.1) is 0 Å². The zero-order valence-electron chi connectivity index (χ0n) is 40.8. The molecule has 4 rings (SSSR count). The van der Waals surface area contributed by atoms with Crippen LogP contribution in [0, 0.1) is 35.5 Å². The molecular formula is C51H83NO13. The van der Waals surface area contributed by atoms with Gasteiger partial charge in [-0.1, -0.05) is 71.1 Å². The van der Waals surface area contributed by atoms with Gasteiger partial charge in [-0.25, -0.2) is 4.79 Å². The van der Waals surface area contributed by atoms with Gasteiger partial charge < -0.3 is 54.1 Å². The molecule has 0 spiro atoms. The smallest absolute Gasteiger partial charge is 0.329 e. The zero-order chi connectivity index (χ0) is 48.2. The molecule has 4 aliphatic rings. The number of carbonyl (C=O) groups is 3. The Bertz CT molecular complexity index is 1660. The average Bonchev–Trinajstić information content (AvgIpc) is 3.28. The van der Waals surface area contributed by atoms with Crippen LogP contribution in [0.3, 0.4) is 0 Å². The van der Waals surface area contributed by atoms with Crippen LogP contribution in [0.25, 0.3) is 0 Å². The first kappa shape index (κ1) is 54.8. The monoisotopic (exact) mass is 918 g/mol. The molecule has 3 unspecified atom stereocenters. The average molecular weight is 918 g/mol. The third-order valence-corrected chi connectivity index (χ3v) is 14.9. The van der Waals surface area contributed by atoms with Crippen molar-refractivity contribution < 1.29 is 63.6 Å². The van der Waals surface area contributed by atoms with Crippen molar-refractivity contribution in [3.8, 4) is 0 Å². The van der Waals surface area contributed by atoms with Crippen LogP contribution in [0.1, 0.15) is 126 Å². The van der Waals surface area contributed by atoms with Gasteiger partial charge in [0.25, 0.3) is 11.7 Å². The van der Waals surface area contributed by atoms with Crippen LogP contribution in [-0.4, -0.2) is 143 Å². The van der Waals surface area contributed by atoms with E-state index in [4.69, 9.17) is 23.7 Å². The molecule has 14 nitrogen and oxygen atoms in total. The molecule has 2 saturated heterocycles. The number of ether oxygens (including phenoxy) is 5. The predicted molar refractivity (Wildman–Crippen MR) is 247 cm³/mol. The SMILES string of the molecule is CO[C@H]1[C@@H](O)[C@H](C)C[C@H](C)/C=C/C=CC=C(C)[C@@H](OC)C[C@@H]2CC[C@@H](C)[C@@](O)(O2)C(=O)C(=O)N2CCCCC2C(=O)O[C@H]([C@H](C)CC2CCC(O)[C@H](OC)C2)C[C@H](O)[C@H](C)/C=C(\C)[C@@H]1O. The molecule has 3 heterocycles. The second-order valence-corrected chi connectivity index (χ2v) is 20.0. The van der Waals surface area contributed by atoms with E-state index in [1.807, 2.05) is 58.1 Å². The molecule has 0 aromatic rings. The highest BCUT2D eigenvalue weighted by atomic mass is 16.6. The molecule has 3 fully saturated rings. The van der Waals surface area contributed by atoms with E-state index >= 15 is 0 Å². The second-order valence-electron chi connectivity index (χ2n) is 20.0. The van der Waals surface area contributed by atoms with Gasteiger partial charge in [0.05, 0.1) is 36.6 Å². The van der Waals surface area contributed by atoms with Crippen LogP contribution in [0.2, 0.25) is 0 Å². The summed E-state index contributed by atoms with van der Waals surface area (Å²) in [5, 5.41) is 57.2. The Kier molecular flexibility index (Phi) is 21.5. The number of esters is 1. The Labute approximate surface area is 388 Å². The molecule has 5 N–H and O–H groups in total. The van der Waals surface area contributed by atoms with Gasteiger partial charge in [0.2, 0.25) is 5.79 Å². The number of aliphatic hydroxyl groups is 5. The number of methoxy groups -OCH3 is 3. The van der Waals surface area contributed by atoms with Crippen molar-refractivity contribution in [3.63, 3.8) is 0 Å². The number of allylic oxidation sites excluding steroid dienone is 5. The maximum atomic E-state index is 14.4. The van der Waals surface area contributed by atoms with Crippen molar-refractivity contribution in [2.75, 3.05) is 27.9 Å². The molecule has 17 atom stereocenters. The standard InChI is InChI=1S/C51H83NO13/c1-30-16-12-11-13-17-31(2)42(61-8)28-38-21-19-36(7)51(60,65-38)48(57)49(58)52-23-15-14-18-39(52)50(59)64-43(33(4)26-37-20-22-40(53)44(27-37)62-9)29-41(54)32(3)25-35(6)46(56)47(63-10)45(55)34(5)24-30/h11-13,16-17,25,30,32-34,36-47,53-56,60H,14-15,18-24,26-29H2,1-10H3/b13-11?,16-12+,31-17?,35-25+/t30-,32-,33-,34-,36-,37?,38+,39?,40?,41+,42+,43+,44-,45+,46+,47+,51-/m1/s1. The zero-order valence-corrected chi connectivity index (χ0v) is 40.8. The number of ketones is 1. The van der Waals surface area contributed by atoms with Crippen molar-refractivity contribution in [2.45, 2.75) is 192 Å². The lowest BCUT2D eigenvalue weighted by atomic mass is 9.78. The van der Waals surface area contributed by atoms with Crippen molar-refractivity contribution in [2.24, 2.45) is 35.5 Å². The van der Waals surface area contributed by atoms with E-state index in [1.54, 1.807) is 34.1 Å². The van der Waals surface area contributed by atoms with Gasteiger partial charge in [-0.05, 0) is 113 Å². The van der Waals surface area contributed by atoms with E-state index in [-0.39, 0.29) is 49.2 Å². The minimum Gasteiger partial charge on any atom is -0.460 e. The van der Waals surface area contributed by atoms with Crippen molar-refractivity contribution in [1.82, 2.24) is 4.90 Å². The maximum Gasteiger partial charge on any atom is 0.329 e. The van der Waals surface area contributed by atoms with Crippen molar-refractivity contribution >= 4 is 17.7 Å². The lowest BCUT2D eigenvalue weighted by Crippen LogP contribution is -2.61. The molecule has 370 valence electrons. The Balaban J connectivity index is 1.70. The second kappa shape index (κ2) is 25.5. The predicted octanol–water partition coefficient (Wildman–Crippen LogP) is 5.76. The van der Waals surface area contributed by atoms with E-state index in [2.05, 4.69) is 6.92 Å². The summed E-state index contributed by atoms with van der Waals surface area (Å²) in [5.41, 5.74) is 1.41. The molecule has 0 radical (unpaired) electrons. The summed E-state index contributed by atoms with van der Waals surface area (Å²) in [7, 11) is 4.63. The first-order valence-electron chi connectivity index (χ1n) is 24.2. The van der Waals surface area contributed by atoms with Gasteiger partial charge in [0.1, 0.15) is 24.4 Å². The fourth-order valence-corrected chi connectivity index (χ4v) is 10.4. The summed E-state index contributed by atoms with van der Waals surface area (Å²) >= 11 is 0. The van der Waals surface area contributed by atoms with Gasteiger partial charge >= 0.3 is 5.97 Å². The van der Waals surface area contributed by atoms with E-state index in [0.717, 1.165) is 12.0 Å². The molecule has 1 aliphatic carbocycles. The lowest BCUT2D eigenvalue weighted by Gasteiger charge is -2.43. The van der Waals surface area contributed by atoms with E-state index < -0.39 is 90.2 Å². The number of amides is 1. The van der Waals surface area contributed by atoms with Crippen LogP contribution < -0.4 is 0 Å². The highest BCUT2D eigenvalue weighted by molar-refractivity contribution is 6.39. The summed E-state index contributed by atoms with van der Waals surface area (Å²) in [6.45, 7) is 13.2. The maximum absolute atomic E-state index is 14.4. The van der Waals surface area contributed by atoms with Crippen LogP contribution >= 0.6 is 0 Å². The molecule has 3 aliphatic heterocycles. The van der Waals surface area contributed by atoms with E-state index in [1.165, 1.54) is 12.0 Å². The van der Waals surface area contributed by atoms with Gasteiger partial charge in [0.15, 0.2) is 0 Å². The molecule has 1 saturated carbocycles. The Hall–Kier alpha value is -2.79. The first-order valence-corrected chi connectivity index (χ1v) is 24.2. The molecule has 65 heavy (non-hydrogen) atoms. The largest absolute Gasteiger partial charge is 0.460 e. The third kappa shape index (κ3) is 14.6. The van der Waals surface area contributed by atoms with Crippen molar-refractivity contribution in [1.29, 1.82) is 0 Å². The van der Waals surface area contributed by atoms with E-state index in [9.17, 15) is 39.9 Å². The van der Waals surface area contributed by atoms with Crippen LogP contribution in [0.4, 0.5) is 0 Å². The normalized spacial score (nSPS) is 41.4. The van der Waals surface area contributed by atoms with Gasteiger partial charge in [-0.2, -0.15) is 0 Å². The first-order chi connectivity index (χ1) is 30.7. The number of carbonyl (C=O) groups excluding carboxylic acids is 3. The van der Waals surface area contributed by atoms with Crippen LogP contribution in [0.15, 0.2) is 47.6 Å². The number of hydrogen-bond acceptors (Lipinski definition) is 13. The number of fused-ring (bicyclic) bond motifs is 3. The topological polar surface area (TPSA) is 202 Å². The molecule has 2 bridgehead atoms. The number of aliphatic hydroxyl groups excluding tert-OH is 4. The minimum absolute atomic E-state index is 0.0359. The van der Waals surface area contributed by atoms with E-state index in [0.29, 0.717) is 63.4 Å². The number of rotatable bonds is 6. The fraction of sp³-hybridized carbons (Fsp3) is 0.784. The third-order valence-electron chi connectivity index (χ3n) is 14.9. The molecule has 1 amide bonds. The highest BCUT2D eigenvalue weighted by Gasteiger charge is 2.53. The lowest BCUT2D eigenvalue weighted by molar-refractivity contribution is -0.265. The van der Waals surface area contributed by atoms with Crippen LogP contribution in [-0.2, 0) is 38.1 Å². The molecule has 14 heteroatoms. The van der Waals surface area contributed by atoms with Gasteiger partial charge in [0, 0.05) is 52.6 Å². The summed E-state index contributed by atoms with van der Waals surface area (Å²) in [6.07, 6.45) is 10.6. The number of hydrogen-bond donors (Lipinski definition) is 5. The van der Waals surface area contributed by atoms with Gasteiger partial charge in [-0.3, -0.25) is 9.59 Å². The summed E-state index contributed by atoms with van der Waals surface area (Å²) in [6, 6.07) is -1.10. The summed E-state index contributed by atoms with van der Waals surface area (Å²) < 4.78 is 29.6. The Morgan fingerprint density at radius 1 is 0.815 bits per heavy atom. The molecule has 0 aromatic heterocycles. The number of nitrogens with zero attached hydrogens (tertiary/aromatic N) is 1. The fourth-order valence-electron chi connectivity index (χ4n) is 10.4. The number of cyclic esters (lactones) is 1. The van der Waals surface area contributed by atoms with Crippen molar-refractivity contribution in [3.05, 3.63) is 47.6 Å². The number of piperidine rings is 1. The molecular weight excluding hydrogens is 835 g/mol.